The van der Waals surface area contributed by atoms with Crippen LogP contribution in [-0.4, -0.2) is 9.97 Å². The van der Waals surface area contributed by atoms with Gasteiger partial charge in [-0.25, -0.2) is 4.39 Å². The summed E-state index contributed by atoms with van der Waals surface area (Å²) in [5.74, 6) is -0.256. The van der Waals surface area contributed by atoms with Gasteiger partial charge in [0.05, 0.1) is 23.6 Å². The molecule has 1 heterocycles. The van der Waals surface area contributed by atoms with Gasteiger partial charge in [-0.1, -0.05) is 6.07 Å². The Hall–Kier alpha value is -1.81. The maximum absolute atomic E-state index is 13.0. The molecule has 2 rings (SSSR count). The van der Waals surface area contributed by atoms with Crippen molar-refractivity contribution in [3.8, 4) is 0 Å². The van der Waals surface area contributed by atoms with Gasteiger partial charge in [0.25, 0.3) is 0 Å². The van der Waals surface area contributed by atoms with E-state index in [1.807, 2.05) is 13.8 Å². The fraction of sp³-hybridized carbons (Fsp3) is 0.231. The zero-order valence-corrected chi connectivity index (χ0v) is 9.81. The minimum Gasteiger partial charge on any atom is -0.319 e. The Morgan fingerprint density at radius 3 is 2.53 bits per heavy atom. The van der Waals surface area contributed by atoms with Crippen molar-refractivity contribution in [3.63, 3.8) is 0 Å². The highest BCUT2D eigenvalue weighted by molar-refractivity contribution is 5.33. The second-order valence-corrected chi connectivity index (χ2v) is 4.06. The Balaban J connectivity index is 2.36. The highest BCUT2D eigenvalue weighted by Crippen LogP contribution is 2.21. The molecule has 4 heteroatoms. The molecule has 1 atom stereocenters. The fourth-order valence-corrected chi connectivity index (χ4v) is 1.71. The van der Waals surface area contributed by atoms with E-state index in [4.69, 9.17) is 5.73 Å². The van der Waals surface area contributed by atoms with Crippen molar-refractivity contribution in [2.75, 3.05) is 0 Å². The van der Waals surface area contributed by atoms with Gasteiger partial charge in [-0.15, -0.1) is 0 Å². The molecule has 0 bridgehead atoms. The molecule has 1 unspecified atom stereocenters. The summed E-state index contributed by atoms with van der Waals surface area (Å²) in [6.45, 7) is 3.70. The average Bonchev–Trinajstić information content (AvgIpc) is 2.29. The van der Waals surface area contributed by atoms with E-state index in [-0.39, 0.29) is 11.9 Å². The van der Waals surface area contributed by atoms with Crippen LogP contribution in [0, 0.1) is 19.7 Å². The zero-order valence-electron chi connectivity index (χ0n) is 9.81. The predicted octanol–water partition coefficient (Wildman–Crippen LogP) is 2.28. The highest BCUT2D eigenvalue weighted by Gasteiger charge is 2.13. The van der Waals surface area contributed by atoms with Crippen molar-refractivity contribution in [2.24, 2.45) is 5.73 Å². The molecule has 0 amide bonds. The Kier molecular flexibility index (Phi) is 3.15. The monoisotopic (exact) mass is 231 g/mol. The lowest BCUT2D eigenvalue weighted by Crippen LogP contribution is -2.15. The van der Waals surface area contributed by atoms with Crippen molar-refractivity contribution in [1.29, 1.82) is 0 Å². The number of hydrogen-bond donors (Lipinski definition) is 1. The molecule has 1 aromatic carbocycles. The number of aryl methyl sites for hydroxylation is 2. The molecule has 2 N–H and O–H groups in total. The van der Waals surface area contributed by atoms with Crippen molar-refractivity contribution < 1.29 is 4.39 Å². The van der Waals surface area contributed by atoms with Crippen LogP contribution in [-0.2, 0) is 0 Å². The van der Waals surface area contributed by atoms with Crippen molar-refractivity contribution in [3.05, 3.63) is 58.9 Å². The second-order valence-electron chi connectivity index (χ2n) is 4.06. The molecule has 0 aliphatic carbocycles. The summed E-state index contributed by atoms with van der Waals surface area (Å²) in [5, 5.41) is 0. The van der Waals surface area contributed by atoms with Crippen molar-refractivity contribution >= 4 is 0 Å². The number of rotatable bonds is 2. The van der Waals surface area contributed by atoms with E-state index in [1.165, 1.54) is 12.1 Å². The third-order valence-electron chi connectivity index (χ3n) is 2.69. The number of aromatic nitrogens is 2. The molecule has 17 heavy (non-hydrogen) atoms. The van der Waals surface area contributed by atoms with Crippen molar-refractivity contribution in [1.82, 2.24) is 9.97 Å². The molecule has 0 fully saturated rings. The topological polar surface area (TPSA) is 51.8 Å². The summed E-state index contributed by atoms with van der Waals surface area (Å²) in [6.07, 6.45) is 3.33. The molecule has 0 spiro atoms. The van der Waals surface area contributed by atoms with Crippen LogP contribution >= 0.6 is 0 Å². The lowest BCUT2D eigenvalue weighted by molar-refractivity contribution is 0.624. The molecular formula is C13H14FN3. The summed E-state index contributed by atoms with van der Waals surface area (Å²) >= 11 is 0. The quantitative estimate of drug-likeness (QED) is 0.862. The van der Waals surface area contributed by atoms with E-state index in [1.54, 1.807) is 18.5 Å². The summed E-state index contributed by atoms with van der Waals surface area (Å²) in [4.78, 5) is 8.39. The normalized spacial score (nSPS) is 12.5. The van der Waals surface area contributed by atoms with Gasteiger partial charge in [-0.3, -0.25) is 9.97 Å². The fourth-order valence-electron chi connectivity index (χ4n) is 1.71. The largest absolute Gasteiger partial charge is 0.319 e. The second kappa shape index (κ2) is 4.59. The van der Waals surface area contributed by atoms with Gasteiger partial charge in [0.2, 0.25) is 0 Å². The molecule has 0 saturated heterocycles. The molecule has 3 nitrogen and oxygen atoms in total. The van der Waals surface area contributed by atoms with Crippen molar-refractivity contribution in [2.45, 2.75) is 19.9 Å². The minimum atomic E-state index is -0.372. The SMILES string of the molecule is Cc1cnc(C(N)c2ccc(F)cc2C)cn1. The van der Waals surface area contributed by atoms with E-state index >= 15 is 0 Å². The first kappa shape index (κ1) is 11.7. The first-order valence-electron chi connectivity index (χ1n) is 5.38. The van der Waals surface area contributed by atoms with Crippen LogP contribution in [0.2, 0.25) is 0 Å². The minimum absolute atomic E-state index is 0.256. The molecule has 0 saturated carbocycles. The van der Waals surface area contributed by atoms with Gasteiger partial charge >= 0.3 is 0 Å². The summed E-state index contributed by atoms with van der Waals surface area (Å²) < 4.78 is 13.0. The number of nitrogens with two attached hydrogens (primary N) is 1. The number of hydrogen-bond acceptors (Lipinski definition) is 3. The van der Waals surface area contributed by atoms with E-state index < -0.39 is 0 Å². The van der Waals surface area contributed by atoms with Crippen LogP contribution in [0.15, 0.2) is 30.6 Å². The van der Waals surface area contributed by atoms with Gasteiger partial charge in [-0.2, -0.15) is 0 Å². The van der Waals surface area contributed by atoms with Crippen LogP contribution in [0.3, 0.4) is 0 Å². The standard InChI is InChI=1S/C13H14FN3/c1-8-5-10(14)3-4-11(8)13(15)12-7-16-9(2)6-17-12/h3-7,13H,15H2,1-2H3. The highest BCUT2D eigenvalue weighted by atomic mass is 19.1. The molecule has 2 aromatic rings. The number of benzene rings is 1. The zero-order chi connectivity index (χ0) is 12.4. The number of halogens is 1. The van der Waals surface area contributed by atoms with Gasteiger partial charge in [0.1, 0.15) is 5.82 Å². The van der Waals surface area contributed by atoms with Crippen LogP contribution in [0.5, 0.6) is 0 Å². The van der Waals surface area contributed by atoms with Gasteiger partial charge < -0.3 is 5.73 Å². The summed E-state index contributed by atoms with van der Waals surface area (Å²) in [5.41, 5.74) is 9.31. The molecule has 0 aliphatic heterocycles. The van der Waals surface area contributed by atoms with Crippen LogP contribution < -0.4 is 5.73 Å². The number of nitrogens with zero attached hydrogens (tertiary/aromatic N) is 2. The molecule has 0 aliphatic rings. The maximum atomic E-state index is 13.0. The lowest BCUT2D eigenvalue weighted by Gasteiger charge is -2.14. The molecule has 0 radical (unpaired) electrons. The Morgan fingerprint density at radius 2 is 1.94 bits per heavy atom. The van der Waals surface area contributed by atoms with Crippen LogP contribution in [0.25, 0.3) is 0 Å². The Morgan fingerprint density at radius 1 is 1.18 bits per heavy atom. The Bertz CT molecular complexity index is 523. The summed E-state index contributed by atoms with van der Waals surface area (Å²) in [7, 11) is 0. The summed E-state index contributed by atoms with van der Waals surface area (Å²) in [6, 6.07) is 4.20. The van der Waals surface area contributed by atoms with E-state index in [2.05, 4.69) is 9.97 Å². The average molecular weight is 231 g/mol. The molecule has 1 aromatic heterocycles. The Labute approximate surface area is 99.5 Å². The molecule has 88 valence electrons. The van der Waals surface area contributed by atoms with Gasteiger partial charge in [0, 0.05) is 6.20 Å². The lowest BCUT2D eigenvalue weighted by atomic mass is 9.99. The van der Waals surface area contributed by atoms with Crippen LogP contribution in [0.4, 0.5) is 4.39 Å². The van der Waals surface area contributed by atoms with Crippen LogP contribution in [0.1, 0.15) is 28.6 Å². The first-order valence-corrected chi connectivity index (χ1v) is 5.38. The smallest absolute Gasteiger partial charge is 0.123 e. The predicted molar refractivity (Wildman–Crippen MR) is 63.9 cm³/mol. The third kappa shape index (κ3) is 2.47. The molecular weight excluding hydrogens is 217 g/mol. The van der Waals surface area contributed by atoms with Gasteiger partial charge in [-0.05, 0) is 37.1 Å². The van der Waals surface area contributed by atoms with E-state index in [0.29, 0.717) is 5.69 Å². The first-order chi connectivity index (χ1) is 8.08. The van der Waals surface area contributed by atoms with E-state index in [0.717, 1.165) is 16.8 Å². The maximum Gasteiger partial charge on any atom is 0.123 e. The van der Waals surface area contributed by atoms with Gasteiger partial charge in [0.15, 0.2) is 0 Å². The third-order valence-corrected chi connectivity index (χ3v) is 2.69. The van der Waals surface area contributed by atoms with E-state index in [9.17, 15) is 4.39 Å².